The van der Waals surface area contributed by atoms with E-state index >= 15 is 0 Å². The molecule has 1 N–H and O–H groups in total. The number of aromatic nitrogens is 1. The minimum absolute atomic E-state index is 0.0472. The van der Waals surface area contributed by atoms with Crippen LogP contribution in [0, 0.1) is 0 Å². The molecule has 0 aliphatic carbocycles. The van der Waals surface area contributed by atoms with Gasteiger partial charge in [-0.2, -0.15) is 0 Å². The van der Waals surface area contributed by atoms with Gasteiger partial charge >= 0.3 is 0 Å². The number of hydrogen-bond acceptors (Lipinski definition) is 3. The van der Waals surface area contributed by atoms with Crippen LogP contribution in [0.1, 0.15) is 6.42 Å². The zero-order chi connectivity index (χ0) is 14.4. The average Bonchev–Trinajstić information content (AvgIpc) is 2.98. The molecule has 5 heteroatoms. The Morgan fingerprint density at radius 3 is 2.25 bits per heavy atom. The molecule has 0 radical (unpaired) electrons. The summed E-state index contributed by atoms with van der Waals surface area (Å²) >= 11 is 0. The topological polar surface area (TPSA) is 52.5 Å². The number of nitrogens with zero attached hydrogens (tertiary/aromatic N) is 1. The number of anilines is 1. The first-order valence-electron chi connectivity index (χ1n) is 6.35. The van der Waals surface area contributed by atoms with Crippen LogP contribution in [-0.2, 0) is 11.3 Å². The van der Waals surface area contributed by atoms with Gasteiger partial charge in [0.05, 0.1) is 14.2 Å². The summed E-state index contributed by atoms with van der Waals surface area (Å²) in [6.45, 7) is 0.653. The van der Waals surface area contributed by atoms with Crippen LogP contribution in [0.2, 0.25) is 0 Å². The van der Waals surface area contributed by atoms with Crippen molar-refractivity contribution in [1.82, 2.24) is 4.57 Å². The molecule has 0 saturated carbocycles. The number of ether oxygens (including phenoxy) is 2. The predicted octanol–water partition coefficient (Wildman–Crippen LogP) is 2.53. The number of hydrogen-bond donors (Lipinski definition) is 1. The third-order valence-electron chi connectivity index (χ3n) is 2.90. The fourth-order valence-electron chi connectivity index (χ4n) is 1.85. The van der Waals surface area contributed by atoms with Crippen molar-refractivity contribution in [3.8, 4) is 11.5 Å². The van der Waals surface area contributed by atoms with Crippen molar-refractivity contribution >= 4 is 11.6 Å². The van der Waals surface area contributed by atoms with Crippen LogP contribution >= 0.6 is 0 Å². The highest BCUT2D eigenvalue weighted by Gasteiger charge is 2.06. The van der Waals surface area contributed by atoms with Gasteiger partial charge in [0, 0.05) is 49.2 Å². The van der Waals surface area contributed by atoms with E-state index in [9.17, 15) is 4.79 Å². The number of carbonyl (C=O) groups excluding carboxylic acids is 1. The lowest BCUT2D eigenvalue weighted by Gasteiger charge is -2.10. The quantitative estimate of drug-likeness (QED) is 0.880. The van der Waals surface area contributed by atoms with Crippen molar-refractivity contribution in [2.75, 3.05) is 19.5 Å². The zero-order valence-corrected chi connectivity index (χ0v) is 11.6. The molecule has 1 heterocycles. The van der Waals surface area contributed by atoms with Gasteiger partial charge in [0.1, 0.15) is 11.5 Å². The van der Waals surface area contributed by atoms with Crippen molar-refractivity contribution < 1.29 is 14.3 Å². The second kappa shape index (κ2) is 6.65. The highest BCUT2D eigenvalue weighted by atomic mass is 16.5. The second-order valence-electron chi connectivity index (χ2n) is 4.32. The Labute approximate surface area is 118 Å². The third-order valence-corrected chi connectivity index (χ3v) is 2.90. The lowest BCUT2D eigenvalue weighted by atomic mass is 10.2. The van der Waals surface area contributed by atoms with Gasteiger partial charge in [-0.3, -0.25) is 4.79 Å². The highest BCUT2D eigenvalue weighted by Crippen LogP contribution is 2.25. The summed E-state index contributed by atoms with van der Waals surface area (Å²) in [6.07, 6.45) is 4.28. The van der Waals surface area contributed by atoms with Crippen molar-refractivity contribution in [3.05, 3.63) is 42.7 Å². The van der Waals surface area contributed by atoms with E-state index < -0.39 is 0 Å². The molecule has 0 unspecified atom stereocenters. The number of benzene rings is 1. The van der Waals surface area contributed by atoms with E-state index in [2.05, 4.69) is 5.32 Å². The Kier molecular flexibility index (Phi) is 4.65. The van der Waals surface area contributed by atoms with E-state index in [0.29, 0.717) is 30.2 Å². The van der Waals surface area contributed by atoms with E-state index in [1.807, 2.05) is 29.1 Å². The molecule has 0 aliphatic rings. The van der Waals surface area contributed by atoms with Gasteiger partial charge < -0.3 is 19.4 Å². The summed E-state index contributed by atoms with van der Waals surface area (Å²) in [4.78, 5) is 11.9. The number of methoxy groups -OCH3 is 2. The van der Waals surface area contributed by atoms with Crippen LogP contribution in [0.3, 0.4) is 0 Å². The number of amides is 1. The molecule has 0 fully saturated rings. The summed E-state index contributed by atoms with van der Waals surface area (Å²) in [5.41, 5.74) is 0.665. The molecule has 0 saturated heterocycles. The Balaban J connectivity index is 1.96. The van der Waals surface area contributed by atoms with Crippen molar-refractivity contribution in [3.63, 3.8) is 0 Å². The zero-order valence-electron chi connectivity index (χ0n) is 11.6. The molecule has 0 atom stereocenters. The second-order valence-corrected chi connectivity index (χ2v) is 4.32. The standard InChI is InChI=1S/C15H18N2O3/c1-19-13-9-12(10-14(11-13)20-2)16-15(18)5-8-17-6-3-4-7-17/h3-4,6-7,9-11H,5,8H2,1-2H3,(H,16,18). The minimum atomic E-state index is -0.0472. The van der Waals surface area contributed by atoms with E-state index in [-0.39, 0.29) is 5.91 Å². The Morgan fingerprint density at radius 2 is 1.70 bits per heavy atom. The van der Waals surface area contributed by atoms with Crippen LogP contribution in [0.25, 0.3) is 0 Å². The number of aryl methyl sites for hydroxylation is 1. The fourth-order valence-corrected chi connectivity index (χ4v) is 1.85. The molecule has 1 aromatic carbocycles. The summed E-state index contributed by atoms with van der Waals surface area (Å²) in [5.74, 6) is 1.24. The van der Waals surface area contributed by atoms with E-state index in [4.69, 9.17) is 9.47 Å². The molecule has 1 aromatic heterocycles. The lowest BCUT2D eigenvalue weighted by molar-refractivity contribution is -0.116. The smallest absolute Gasteiger partial charge is 0.226 e. The van der Waals surface area contributed by atoms with Crippen LogP contribution in [-0.4, -0.2) is 24.7 Å². The van der Waals surface area contributed by atoms with E-state index in [1.165, 1.54) is 0 Å². The van der Waals surface area contributed by atoms with Crippen molar-refractivity contribution in [2.24, 2.45) is 0 Å². The number of rotatable bonds is 6. The molecule has 0 aliphatic heterocycles. The molecule has 0 spiro atoms. The van der Waals surface area contributed by atoms with Crippen LogP contribution in [0.5, 0.6) is 11.5 Å². The highest BCUT2D eigenvalue weighted by molar-refractivity contribution is 5.91. The molecule has 1 amide bonds. The fraction of sp³-hybridized carbons (Fsp3) is 0.267. The Bertz CT molecular complexity index is 542. The summed E-state index contributed by atoms with van der Waals surface area (Å²) in [5, 5.41) is 2.84. The Morgan fingerprint density at radius 1 is 1.10 bits per heavy atom. The molecule has 2 aromatic rings. The van der Waals surface area contributed by atoms with Gasteiger partial charge in [0.15, 0.2) is 0 Å². The molecule has 20 heavy (non-hydrogen) atoms. The largest absolute Gasteiger partial charge is 0.497 e. The first-order chi connectivity index (χ1) is 9.71. The first-order valence-corrected chi connectivity index (χ1v) is 6.35. The maximum atomic E-state index is 11.9. The minimum Gasteiger partial charge on any atom is -0.497 e. The lowest BCUT2D eigenvalue weighted by Crippen LogP contribution is -2.14. The molecule has 2 rings (SSSR count). The SMILES string of the molecule is COc1cc(NC(=O)CCn2cccc2)cc(OC)c1. The summed E-state index contributed by atoms with van der Waals surface area (Å²) < 4.78 is 12.3. The van der Waals surface area contributed by atoms with Gasteiger partial charge in [-0.05, 0) is 12.1 Å². The number of nitrogens with one attached hydrogen (secondary N) is 1. The van der Waals surface area contributed by atoms with Crippen LogP contribution in [0.15, 0.2) is 42.7 Å². The monoisotopic (exact) mass is 274 g/mol. The Hall–Kier alpha value is -2.43. The van der Waals surface area contributed by atoms with Gasteiger partial charge in [-0.15, -0.1) is 0 Å². The maximum absolute atomic E-state index is 11.9. The molecule has 106 valence electrons. The van der Waals surface area contributed by atoms with Gasteiger partial charge in [0.25, 0.3) is 0 Å². The molecule has 5 nitrogen and oxygen atoms in total. The molecule has 0 bridgehead atoms. The van der Waals surface area contributed by atoms with E-state index in [1.54, 1.807) is 32.4 Å². The van der Waals surface area contributed by atoms with Crippen molar-refractivity contribution in [1.29, 1.82) is 0 Å². The van der Waals surface area contributed by atoms with Gasteiger partial charge in [0.2, 0.25) is 5.91 Å². The molecular formula is C15H18N2O3. The van der Waals surface area contributed by atoms with E-state index in [0.717, 1.165) is 0 Å². The first kappa shape index (κ1) is 14.0. The van der Waals surface area contributed by atoms with Crippen molar-refractivity contribution in [2.45, 2.75) is 13.0 Å². The normalized spacial score (nSPS) is 10.1. The predicted molar refractivity (Wildman–Crippen MR) is 77.2 cm³/mol. The summed E-state index contributed by atoms with van der Waals surface area (Å²) in [6, 6.07) is 9.15. The summed E-state index contributed by atoms with van der Waals surface area (Å²) in [7, 11) is 3.15. The van der Waals surface area contributed by atoms with Gasteiger partial charge in [-0.25, -0.2) is 0 Å². The average molecular weight is 274 g/mol. The van der Waals surface area contributed by atoms with Crippen LogP contribution in [0.4, 0.5) is 5.69 Å². The van der Waals surface area contributed by atoms with Crippen LogP contribution < -0.4 is 14.8 Å². The van der Waals surface area contributed by atoms with Gasteiger partial charge in [-0.1, -0.05) is 0 Å². The maximum Gasteiger partial charge on any atom is 0.226 e. The third kappa shape index (κ3) is 3.78. The number of carbonyl (C=O) groups is 1. The molecular weight excluding hydrogens is 256 g/mol.